The van der Waals surface area contributed by atoms with E-state index in [0.29, 0.717) is 23.1 Å². The molecule has 0 radical (unpaired) electrons. The van der Waals surface area contributed by atoms with E-state index in [1.807, 2.05) is 0 Å². The van der Waals surface area contributed by atoms with Crippen molar-refractivity contribution in [2.24, 2.45) is 0 Å². The van der Waals surface area contributed by atoms with Crippen LogP contribution in [0, 0.1) is 0 Å². The topological polar surface area (TPSA) is 156 Å². The number of aliphatic hydroxyl groups is 4. The Kier molecular flexibility index (Phi) is 6.35. The Morgan fingerprint density at radius 1 is 1.07 bits per heavy atom. The summed E-state index contributed by atoms with van der Waals surface area (Å²) < 4.78 is 0. The third kappa shape index (κ3) is 4.49. The smallest absolute Gasteiger partial charge is 0.256 e. The van der Waals surface area contributed by atoms with E-state index in [-0.39, 0.29) is 5.56 Å². The number of hydrogen-bond acceptors (Lipinski definition) is 8. The first-order valence-corrected chi connectivity index (χ1v) is 8.89. The van der Waals surface area contributed by atoms with Crippen LogP contribution < -0.4 is 10.9 Å². The lowest BCUT2D eigenvalue weighted by Gasteiger charge is -2.26. The number of rotatable bonds is 8. The maximum absolute atomic E-state index is 12.5. The number of H-pyrrole nitrogens is 1. The summed E-state index contributed by atoms with van der Waals surface area (Å²) in [4.78, 5) is 30.5. The number of aliphatic hydroxyl groups excluding tert-OH is 4. The van der Waals surface area contributed by atoms with Crippen molar-refractivity contribution in [2.45, 2.75) is 24.4 Å². The van der Waals surface area contributed by atoms with Gasteiger partial charge in [-0.3, -0.25) is 9.78 Å². The number of aromatic nitrogens is 2. The number of fused-ring (bicyclic) bond motifs is 1. The third-order valence-corrected chi connectivity index (χ3v) is 4.62. The molecule has 0 fully saturated rings. The maximum Gasteiger partial charge on any atom is 0.256 e. The summed E-state index contributed by atoms with van der Waals surface area (Å²) in [6, 6.07) is 8.92. The van der Waals surface area contributed by atoms with E-state index in [9.17, 15) is 24.9 Å². The van der Waals surface area contributed by atoms with Gasteiger partial charge in [0.05, 0.1) is 12.1 Å². The van der Waals surface area contributed by atoms with E-state index in [0.717, 1.165) is 10.9 Å². The summed E-state index contributed by atoms with van der Waals surface area (Å²) in [6.45, 7) is -0.763. The van der Waals surface area contributed by atoms with Crippen LogP contribution in [0.25, 0.3) is 22.0 Å². The first kappa shape index (κ1) is 20.6. The quantitative estimate of drug-likeness (QED) is 0.281. The van der Waals surface area contributed by atoms with Gasteiger partial charge in [-0.25, -0.2) is 0 Å². The Morgan fingerprint density at radius 3 is 2.45 bits per heavy atom. The van der Waals surface area contributed by atoms with Gasteiger partial charge in [0.1, 0.15) is 30.6 Å². The van der Waals surface area contributed by atoms with Crippen LogP contribution in [0.4, 0.5) is 5.69 Å². The SMILES string of the molecule is O=C[C@H](Nc1ccc2cc(-c3ccncc3)c(=O)[nH]c2c1)[C@@H](O)[C@H](O)[C@H](O)CO. The number of hydrogen-bond donors (Lipinski definition) is 6. The van der Waals surface area contributed by atoms with Crippen molar-refractivity contribution in [1.29, 1.82) is 0 Å². The standard InChI is InChI=1S/C20H21N3O6/c24-9-16(18(27)19(28)17(26)10-25)22-13-2-1-12-7-14(11-3-5-21-6-4-11)20(29)23-15(12)8-13/h1-9,16-19,22,25-28H,10H2,(H,23,29)/t16-,17+,18+,19+/m0/s1. The van der Waals surface area contributed by atoms with Gasteiger partial charge in [0.15, 0.2) is 0 Å². The molecular weight excluding hydrogens is 378 g/mol. The zero-order valence-electron chi connectivity index (χ0n) is 15.3. The second-order valence-corrected chi connectivity index (χ2v) is 6.59. The van der Waals surface area contributed by atoms with E-state index >= 15 is 0 Å². The molecule has 2 heterocycles. The zero-order chi connectivity index (χ0) is 21.0. The number of benzene rings is 1. The average Bonchev–Trinajstić information content (AvgIpc) is 2.75. The van der Waals surface area contributed by atoms with E-state index in [1.54, 1.807) is 48.8 Å². The molecule has 4 atom stereocenters. The Hall–Kier alpha value is -3.11. The van der Waals surface area contributed by atoms with Crippen molar-refractivity contribution in [1.82, 2.24) is 9.97 Å². The van der Waals surface area contributed by atoms with Crippen molar-refractivity contribution >= 4 is 22.9 Å². The zero-order valence-corrected chi connectivity index (χ0v) is 15.3. The lowest BCUT2D eigenvalue weighted by Crippen LogP contribution is -2.49. The fraction of sp³-hybridized carbons (Fsp3) is 0.250. The second-order valence-electron chi connectivity index (χ2n) is 6.59. The van der Waals surface area contributed by atoms with Crippen molar-refractivity contribution < 1.29 is 25.2 Å². The normalized spacial score (nSPS) is 15.4. The van der Waals surface area contributed by atoms with Crippen molar-refractivity contribution in [3.05, 3.63) is 59.1 Å². The molecule has 0 saturated carbocycles. The molecule has 0 spiro atoms. The van der Waals surface area contributed by atoms with Crippen LogP contribution in [-0.4, -0.2) is 67.6 Å². The number of nitrogens with one attached hydrogen (secondary N) is 2. The molecule has 0 aliphatic carbocycles. The van der Waals surface area contributed by atoms with E-state index < -0.39 is 31.0 Å². The van der Waals surface area contributed by atoms with Gasteiger partial charge < -0.3 is 35.5 Å². The molecule has 152 valence electrons. The highest BCUT2D eigenvalue weighted by Gasteiger charge is 2.31. The van der Waals surface area contributed by atoms with Gasteiger partial charge in [0.2, 0.25) is 0 Å². The molecule has 2 aromatic heterocycles. The van der Waals surface area contributed by atoms with E-state index in [1.165, 1.54) is 0 Å². The Labute approximate surface area is 165 Å². The molecule has 3 rings (SSSR count). The average molecular weight is 399 g/mol. The number of nitrogens with zero attached hydrogens (tertiary/aromatic N) is 1. The highest BCUT2D eigenvalue weighted by Crippen LogP contribution is 2.22. The highest BCUT2D eigenvalue weighted by atomic mass is 16.4. The van der Waals surface area contributed by atoms with Crippen LogP contribution in [0.2, 0.25) is 0 Å². The van der Waals surface area contributed by atoms with Gasteiger partial charge in [-0.1, -0.05) is 6.07 Å². The first-order chi connectivity index (χ1) is 13.9. The Morgan fingerprint density at radius 2 is 1.79 bits per heavy atom. The number of aromatic amines is 1. The van der Waals surface area contributed by atoms with Gasteiger partial charge >= 0.3 is 0 Å². The highest BCUT2D eigenvalue weighted by molar-refractivity contribution is 5.86. The van der Waals surface area contributed by atoms with Gasteiger partial charge in [0.25, 0.3) is 5.56 Å². The van der Waals surface area contributed by atoms with Crippen LogP contribution in [0.1, 0.15) is 0 Å². The molecule has 9 heteroatoms. The molecule has 1 aromatic carbocycles. The van der Waals surface area contributed by atoms with Crippen LogP contribution in [-0.2, 0) is 4.79 Å². The molecule has 0 aliphatic rings. The number of carbonyl (C=O) groups is 1. The molecule has 6 N–H and O–H groups in total. The molecule has 0 saturated heterocycles. The molecule has 29 heavy (non-hydrogen) atoms. The lowest BCUT2D eigenvalue weighted by molar-refractivity contribution is -0.117. The monoisotopic (exact) mass is 399 g/mol. The summed E-state index contributed by atoms with van der Waals surface area (Å²) in [5.41, 5.74) is 1.84. The summed E-state index contributed by atoms with van der Waals surface area (Å²) in [7, 11) is 0. The second kappa shape index (κ2) is 8.93. The number of anilines is 1. The fourth-order valence-corrected chi connectivity index (χ4v) is 2.98. The number of pyridine rings is 2. The number of carbonyl (C=O) groups excluding carboxylic acids is 1. The molecule has 9 nitrogen and oxygen atoms in total. The van der Waals surface area contributed by atoms with Gasteiger partial charge in [-0.2, -0.15) is 0 Å². The fourth-order valence-electron chi connectivity index (χ4n) is 2.98. The van der Waals surface area contributed by atoms with Crippen LogP contribution in [0.3, 0.4) is 0 Å². The van der Waals surface area contributed by atoms with Crippen LogP contribution in [0.5, 0.6) is 0 Å². The Bertz CT molecular complexity index is 1040. The van der Waals surface area contributed by atoms with Gasteiger partial charge in [0, 0.05) is 23.6 Å². The third-order valence-electron chi connectivity index (χ3n) is 4.62. The summed E-state index contributed by atoms with van der Waals surface area (Å²) in [6.07, 6.45) is -1.38. The lowest BCUT2D eigenvalue weighted by atomic mass is 10.0. The predicted molar refractivity (Wildman–Crippen MR) is 106 cm³/mol. The predicted octanol–water partition coefficient (Wildman–Crippen LogP) is -0.356. The Balaban J connectivity index is 1.88. The minimum absolute atomic E-state index is 0.297. The first-order valence-electron chi connectivity index (χ1n) is 8.89. The minimum Gasteiger partial charge on any atom is -0.394 e. The van der Waals surface area contributed by atoms with E-state index in [2.05, 4.69) is 15.3 Å². The molecule has 0 bridgehead atoms. The van der Waals surface area contributed by atoms with Gasteiger partial charge in [-0.05, 0) is 41.3 Å². The molecule has 0 amide bonds. The summed E-state index contributed by atoms with van der Waals surface area (Å²) in [5, 5.41) is 41.7. The molecular formula is C20H21N3O6. The summed E-state index contributed by atoms with van der Waals surface area (Å²) in [5.74, 6) is 0. The van der Waals surface area contributed by atoms with Crippen LogP contribution >= 0.6 is 0 Å². The largest absolute Gasteiger partial charge is 0.394 e. The van der Waals surface area contributed by atoms with Crippen molar-refractivity contribution in [3.63, 3.8) is 0 Å². The van der Waals surface area contributed by atoms with E-state index in [4.69, 9.17) is 5.11 Å². The van der Waals surface area contributed by atoms with Crippen molar-refractivity contribution in [3.8, 4) is 11.1 Å². The van der Waals surface area contributed by atoms with Crippen LogP contribution in [0.15, 0.2) is 53.6 Å². The van der Waals surface area contributed by atoms with Gasteiger partial charge in [-0.15, -0.1) is 0 Å². The molecule has 3 aromatic rings. The minimum atomic E-state index is -1.72. The molecule has 0 unspecified atom stereocenters. The summed E-state index contributed by atoms with van der Waals surface area (Å²) >= 11 is 0. The maximum atomic E-state index is 12.5. The molecule has 0 aliphatic heterocycles. The number of aldehydes is 1. The van der Waals surface area contributed by atoms with Crippen molar-refractivity contribution in [2.75, 3.05) is 11.9 Å².